The highest BCUT2D eigenvalue weighted by Crippen LogP contribution is 2.41. The molecule has 114 valence electrons. The van der Waals surface area contributed by atoms with Gasteiger partial charge in [-0.15, -0.1) is 0 Å². The van der Waals surface area contributed by atoms with Crippen molar-refractivity contribution >= 4 is 5.71 Å². The quantitative estimate of drug-likeness (QED) is 0.702. The van der Waals surface area contributed by atoms with Crippen LogP contribution in [-0.2, 0) is 4.84 Å². The van der Waals surface area contributed by atoms with E-state index in [-0.39, 0.29) is 12.3 Å². The topological polar surface area (TPSA) is 45.4 Å². The molecule has 0 spiro atoms. The Kier molecular flexibility index (Phi) is 5.85. The molecular formula is C14H21F3N2O. The Morgan fingerprint density at radius 2 is 1.90 bits per heavy atom. The van der Waals surface area contributed by atoms with Gasteiger partial charge in [-0.2, -0.15) is 18.4 Å². The second-order valence-electron chi connectivity index (χ2n) is 5.61. The molecule has 1 fully saturated rings. The summed E-state index contributed by atoms with van der Waals surface area (Å²) in [5.41, 5.74) is 0.295. The highest BCUT2D eigenvalue weighted by molar-refractivity contribution is 5.84. The van der Waals surface area contributed by atoms with Crippen LogP contribution in [0.5, 0.6) is 0 Å². The number of nitrogens with zero attached hydrogens (tertiary/aromatic N) is 2. The van der Waals surface area contributed by atoms with E-state index < -0.39 is 18.0 Å². The molecule has 0 heterocycles. The largest absolute Gasteiger partial charge is 0.399 e. The lowest BCUT2D eigenvalue weighted by molar-refractivity contribution is -0.136. The number of hydrogen-bond acceptors (Lipinski definition) is 3. The van der Waals surface area contributed by atoms with Gasteiger partial charge in [0, 0.05) is 6.42 Å². The summed E-state index contributed by atoms with van der Waals surface area (Å²) in [4.78, 5) is 4.73. The minimum Gasteiger partial charge on any atom is -0.399 e. The molecule has 6 heteroatoms. The smallest absolute Gasteiger partial charge is 0.389 e. The minimum atomic E-state index is -4.14. The van der Waals surface area contributed by atoms with Crippen molar-refractivity contribution in [2.24, 2.45) is 16.5 Å². The van der Waals surface area contributed by atoms with Gasteiger partial charge in [0.05, 0.1) is 17.2 Å². The monoisotopic (exact) mass is 290 g/mol. The maximum atomic E-state index is 12.2. The van der Waals surface area contributed by atoms with Gasteiger partial charge < -0.3 is 4.84 Å². The van der Waals surface area contributed by atoms with Gasteiger partial charge >= 0.3 is 6.18 Å². The van der Waals surface area contributed by atoms with Gasteiger partial charge in [-0.05, 0) is 51.4 Å². The first kappa shape index (κ1) is 16.8. The number of halogens is 3. The zero-order valence-corrected chi connectivity index (χ0v) is 12.0. The zero-order valence-electron chi connectivity index (χ0n) is 12.0. The van der Waals surface area contributed by atoms with E-state index in [9.17, 15) is 18.4 Å². The van der Waals surface area contributed by atoms with E-state index in [1.54, 1.807) is 6.92 Å². The molecule has 1 unspecified atom stereocenters. The third-order valence-corrected chi connectivity index (χ3v) is 4.10. The highest BCUT2D eigenvalue weighted by atomic mass is 19.4. The highest BCUT2D eigenvalue weighted by Gasteiger charge is 2.37. The summed E-state index contributed by atoms with van der Waals surface area (Å²) in [6.07, 6.45) is -1.54. The van der Waals surface area contributed by atoms with Crippen molar-refractivity contribution in [1.29, 1.82) is 5.26 Å². The van der Waals surface area contributed by atoms with Crippen LogP contribution in [0.4, 0.5) is 13.2 Å². The molecule has 0 aromatic heterocycles. The van der Waals surface area contributed by atoms with Crippen LogP contribution < -0.4 is 0 Å². The minimum absolute atomic E-state index is 0.0169. The van der Waals surface area contributed by atoms with Gasteiger partial charge in [0.1, 0.15) is 7.11 Å². The first-order chi connectivity index (χ1) is 9.30. The summed E-state index contributed by atoms with van der Waals surface area (Å²) in [7, 11) is 1.50. The molecule has 0 amide bonds. The van der Waals surface area contributed by atoms with Crippen LogP contribution in [0, 0.1) is 22.7 Å². The molecule has 20 heavy (non-hydrogen) atoms. The number of rotatable bonds is 5. The van der Waals surface area contributed by atoms with Crippen LogP contribution in [0.25, 0.3) is 0 Å². The summed E-state index contributed by atoms with van der Waals surface area (Å²) in [5, 5.41) is 13.3. The van der Waals surface area contributed by atoms with Crippen LogP contribution >= 0.6 is 0 Å². The van der Waals surface area contributed by atoms with Gasteiger partial charge in [-0.3, -0.25) is 0 Å². The molecule has 0 saturated heterocycles. The van der Waals surface area contributed by atoms with Crippen molar-refractivity contribution in [3.8, 4) is 6.07 Å². The second-order valence-corrected chi connectivity index (χ2v) is 5.61. The molecular weight excluding hydrogens is 269 g/mol. The normalized spacial score (nSPS) is 22.8. The SMILES string of the molecule is CON=C1CCC(C(C)(C#N)CCCC(F)(F)F)CC1. The average molecular weight is 290 g/mol. The zero-order chi connectivity index (χ0) is 15.2. The molecule has 1 atom stereocenters. The number of nitriles is 1. The lowest BCUT2D eigenvalue weighted by Gasteiger charge is -2.34. The molecule has 1 rings (SSSR count). The van der Waals surface area contributed by atoms with Crippen molar-refractivity contribution in [3.63, 3.8) is 0 Å². The molecule has 0 aromatic carbocycles. The first-order valence-electron chi connectivity index (χ1n) is 6.87. The Bertz CT molecular complexity index is 377. The van der Waals surface area contributed by atoms with Crippen LogP contribution in [-0.4, -0.2) is 19.0 Å². The Hall–Kier alpha value is -1.25. The fourth-order valence-electron chi connectivity index (χ4n) is 2.82. The standard InChI is InChI=1S/C14H21F3N2O/c1-13(10-18,8-3-9-14(15,16)17)11-4-6-12(7-5-11)19-20-2/h11H,3-9H2,1-2H3. The molecule has 0 N–H and O–H groups in total. The Morgan fingerprint density at radius 1 is 1.30 bits per heavy atom. The Labute approximate surface area is 117 Å². The summed E-state index contributed by atoms with van der Waals surface area (Å²) in [6, 6.07) is 2.24. The van der Waals surface area contributed by atoms with E-state index in [2.05, 4.69) is 11.2 Å². The molecule has 1 aliphatic carbocycles. The summed E-state index contributed by atoms with van der Waals surface area (Å²) >= 11 is 0. The summed E-state index contributed by atoms with van der Waals surface area (Å²) < 4.78 is 36.6. The van der Waals surface area contributed by atoms with E-state index in [0.717, 1.165) is 31.4 Å². The number of oxime groups is 1. The molecule has 0 aliphatic heterocycles. The molecule has 1 saturated carbocycles. The first-order valence-corrected chi connectivity index (χ1v) is 6.87. The summed E-state index contributed by atoms with van der Waals surface area (Å²) in [5.74, 6) is 0.136. The fraction of sp³-hybridized carbons (Fsp3) is 0.857. The third-order valence-electron chi connectivity index (χ3n) is 4.10. The molecule has 0 bridgehead atoms. The van der Waals surface area contributed by atoms with Gasteiger partial charge in [0.15, 0.2) is 0 Å². The maximum Gasteiger partial charge on any atom is 0.389 e. The molecule has 3 nitrogen and oxygen atoms in total. The lowest BCUT2D eigenvalue weighted by atomic mass is 9.68. The van der Waals surface area contributed by atoms with Gasteiger partial charge in [-0.1, -0.05) is 5.16 Å². The predicted octanol–water partition coefficient (Wildman–Crippen LogP) is 4.44. The van der Waals surface area contributed by atoms with Crippen molar-refractivity contribution < 1.29 is 18.0 Å². The van der Waals surface area contributed by atoms with Crippen molar-refractivity contribution in [3.05, 3.63) is 0 Å². The van der Waals surface area contributed by atoms with E-state index in [1.165, 1.54) is 7.11 Å². The number of hydrogen-bond donors (Lipinski definition) is 0. The fourth-order valence-corrected chi connectivity index (χ4v) is 2.82. The van der Waals surface area contributed by atoms with Crippen LogP contribution in [0.2, 0.25) is 0 Å². The Morgan fingerprint density at radius 3 is 2.35 bits per heavy atom. The van der Waals surface area contributed by atoms with Gasteiger partial charge in [0.2, 0.25) is 0 Å². The average Bonchev–Trinajstić information content (AvgIpc) is 2.38. The van der Waals surface area contributed by atoms with Crippen LogP contribution in [0.1, 0.15) is 51.9 Å². The van der Waals surface area contributed by atoms with Crippen molar-refractivity contribution in [1.82, 2.24) is 0 Å². The molecule has 0 radical (unpaired) electrons. The van der Waals surface area contributed by atoms with Crippen LogP contribution in [0.15, 0.2) is 5.16 Å². The van der Waals surface area contributed by atoms with E-state index in [4.69, 9.17) is 4.84 Å². The molecule has 0 aromatic rings. The predicted molar refractivity (Wildman–Crippen MR) is 70.0 cm³/mol. The lowest BCUT2D eigenvalue weighted by Crippen LogP contribution is -2.30. The van der Waals surface area contributed by atoms with Crippen molar-refractivity contribution in [2.45, 2.75) is 58.0 Å². The number of alkyl halides is 3. The van der Waals surface area contributed by atoms with E-state index >= 15 is 0 Å². The summed E-state index contributed by atoms with van der Waals surface area (Å²) in [6.45, 7) is 1.78. The van der Waals surface area contributed by atoms with E-state index in [1.807, 2.05) is 0 Å². The second kappa shape index (κ2) is 6.96. The Balaban J connectivity index is 2.53. The van der Waals surface area contributed by atoms with Crippen molar-refractivity contribution in [2.75, 3.05) is 7.11 Å². The van der Waals surface area contributed by atoms with Gasteiger partial charge in [-0.25, -0.2) is 0 Å². The maximum absolute atomic E-state index is 12.2. The van der Waals surface area contributed by atoms with Gasteiger partial charge in [0.25, 0.3) is 0 Å². The van der Waals surface area contributed by atoms with E-state index in [0.29, 0.717) is 6.42 Å². The molecule has 1 aliphatic rings. The third kappa shape index (κ3) is 5.03. The van der Waals surface area contributed by atoms with Crippen LogP contribution in [0.3, 0.4) is 0 Å².